The number of hydrogen-bond acceptors (Lipinski definition) is 8. The van der Waals surface area contributed by atoms with Crippen molar-refractivity contribution >= 4 is 27.9 Å². The number of imidazole rings is 1. The van der Waals surface area contributed by atoms with Crippen molar-refractivity contribution in [1.29, 1.82) is 0 Å². The minimum Gasteiger partial charge on any atom is -0.495 e. The van der Waals surface area contributed by atoms with Crippen LogP contribution in [0.3, 0.4) is 0 Å². The van der Waals surface area contributed by atoms with Gasteiger partial charge in [-0.25, -0.2) is 19.9 Å². The van der Waals surface area contributed by atoms with Gasteiger partial charge in [-0.15, -0.1) is 0 Å². The van der Waals surface area contributed by atoms with Crippen LogP contribution >= 0.6 is 0 Å². The summed E-state index contributed by atoms with van der Waals surface area (Å²) in [7, 11) is 3.37. The Hall–Kier alpha value is -4.28. The molecule has 0 saturated heterocycles. The molecule has 0 aromatic carbocycles. The first-order valence-electron chi connectivity index (χ1n) is 10.5. The second-order valence-corrected chi connectivity index (χ2v) is 8.07. The number of fused-ring (bicyclic) bond motifs is 2. The predicted molar refractivity (Wildman–Crippen MR) is 124 cm³/mol. The Labute approximate surface area is 188 Å². The number of ether oxygens (including phenoxy) is 1. The molecule has 0 aliphatic carbocycles. The highest BCUT2D eigenvalue weighted by Crippen LogP contribution is 2.34. The topological polar surface area (TPSA) is 139 Å². The summed E-state index contributed by atoms with van der Waals surface area (Å²) < 4.78 is 6.91. The van der Waals surface area contributed by atoms with E-state index < -0.39 is 0 Å². The highest BCUT2D eigenvalue weighted by molar-refractivity contribution is 5.96. The highest BCUT2D eigenvalue weighted by atomic mass is 16.5. The summed E-state index contributed by atoms with van der Waals surface area (Å²) >= 11 is 0. The Balaban J connectivity index is 1.73. The third-order valence-electron chi connectivity index (χ3n) is 5.41. The lowest BCUT2D eigenvalue weighted by molar-refractivity contribution is 0.413. The smallest absolute Gasteiger partial charge is 0.261 e. The van der Waals surface area contributed by atoms with Gasteiger partial charge < -0.3 is 20.0 Å². The average molecular weight is 445 g/mol. The fourth-order valence-electron chi connectivity index (χ4n) is 3.81. The fourth-order valence-corrected chi connectivity index (χ4v) is 3.81. The van der Waals surface area contributed by atoms with Crippen molar-refractivity contribution in [2.24, 2.45) is 13.0 Å². The number of nitrogens with zero attached hydrogens (tertiary/aromatic N) is 6. The van der Waals surface area contributed by atoms with Crippen LogP contribution < -0.4 is 15.6 Å². The summed E-state index contributed by atoms with van der Waals surface area (Å²) in [6.45, 7) is 4.13. The van der Waals surface area contributed by atoms with Crippen molar-refractivity contribution in [2.75, 3.05) is 12.4 Å². The largest absolute Gasteiger partial charge is 0.495 e. The maximum atomic E-state index is 13.3. The van der Waals surface area contributed by atoms with E-state index in [2.05, 4.69) is 54.2 Å². The third kappa shape index (κ3) is 3.67. The first-order valence-corrected chi connectivity index (χ1v) is 10.5. The van der Waals surface area contributed by atoms with Crippen LogP contribution in [0.15, 0.2) is 41.7 Å². The Morgan fingerprint density at radius 2 is 1.91 bits per heavy atom. The Kier molecular flexibility index (Phi) is 5.00. The molecule has 11 nitrogen and oxygen atoms in total. The van der Waals surface area contributed by atoms with E-state index in [9.17, 15) is 4.79 Å². The lowest BCUT2D eigenvalue weighted by atomic mass is 10.0. The molecule has 33 heavy (non-hydrogen) atoms. The fraction of sp³-hybridized carbons (Fsp3) is 0.273. The molecule has 0 radical (unpaired) electrons. The number of rotatable bonds is 6. The molecule has 0 unspecified atom stereocenters. The number of nitrogens with one attached hydrogen (secondary N) is 3. The van der Waals surface area contributed by atoms with Gasteiger partial charge in [-0.3, -0.25) is 9.48 Å². The van der Waals surface area contributed by atoms with Crippen LogP contribution in [-0.4, -0.2) is 46.8 Å². The van der Waals surface area contributed by atoms with E-state index in [1.165, 1.54) is 0 Å². The van der Waals surface area contributed by atoms with Gasteiger partial charge in [0.2, 0.25) is 0 Å². The van der Waals surface area contributed by atoms with Crippen molar-refractivity contribution in [2.45, 2.75) is 19.9 Å². The van der Waals surface area contributed by atoms with E-state index >= 15 is 0 Å². The molecule has 0 fully saturated rings. The molecule has 5 aromatic heterocycles. The van der Waals surface area contributed by atoms with Crippen LogP contribution in [0.1, 0.15) is 25.7 Å². The summed E-state index contributed by atoms with van der Waals surface area (Å²) in [6.07, 6.45) is 6.75. The first-order chi connectivity index (χ1) is 15.9. The van der Waals surface area contributed by atoms with Gasteiger partial charge in [0, 0.05) is 31.7 Å². The molecule has 168 valence electrons. The van der Waals surface area contributed by atoms with Crippen molar-refractivity contribution < 1.29 is 4.74 Å². The molecule has 5 heterocycles. The maximum absolute atomic E-state index is 13.3. The van der Waals surface area contributed by atoms with Crippen molar-refractivity contribution in [3.05, 3.63) is 53.1 Å². The van der Waals surface area contributed by atoms with Gasteiger partial charge >= 0.3 is 0 Å². The van der Waals surface area contributed by atoms with Crippen LogP contribution in [0.5, 0.6) is 5.75 Å². The van der Waals surface area contributed by atoms with Gasteiger partial charge in [0.25, 0.3) is 5.56 Å². The number of H-pyrrole nitrogens is 2. The number of pyridine rings is 2. The van der Waals surface area contributed by atoms with Gasteiger partial charge in [-0.1, -0.05) is 13.8 Å². The summed E-state index contributed by atoms with van der Waals surface area (Å²) in [4.78, 5) is 37.1. The summed E-state index contributed by atoms with van der Waals surface area (Å²) in [5.41, 5.74) is 2.93. The number of hydrogen-bond donors (Lipinski definition) is 3. The summed E-state index contributed by atoms with van der Waals surface area (Å²) in [6, 6.07) is 3.29. The van der Waals surface area contributed by atoms with Crippen LogP contribution in [0, 0.1) is 5.92 Å². The Morgan fingerprint density at radius 3 is 2.64 bits per heavy atom. The van der Waals surface area contributed by atoms with Crippen LogP contribution in [0.25, 0.3) is 33.6 Å². The van der Waals surface area contributed by atoms with E-state index in [0.717, 1.165) is 0 Å². The number of anilines is 1. The molecule has 5 rings (SSSR count). The zero-order valence-corrected chi connectivity index (χ0v) is 18.6. The molecule has 0 aliphatic rings. The molecular weight excluding hydrogens is 422 g/mol. The molecule has 3 N–H and O–H groups in total. The van der Waals surface area contributed by atoms with Crippen LogP contribution in [0.2, 0.25) is 0 Å². The molecule has 5 aromatic rings. The lowest BCUT2D eigenvalue weighted by Gasteiger charge is -2.23. The molecule has 1 atom stereocenters. The van der Waals surface area contributed by atoms with Gasteiger partial charge in [0.15, 0.2) is 11.5 Å². The molecule has 11 heteroatoms. The quantitative estimate of drug-likeness (QED) is 0.363. The summed E-state index contributed by atoms with van der Waals surface area (Å²) in [5.74, 6) is 1.71. The molecular formula is C22H23N9O2. The molecule has 0 bridgehead atoms. The second-order valence-electron chi connectivity index (χ2n) is 8.07. The predicted octanol–water partition coefficient (Wildman–Crippen LogP) is 2.81. The maximum Gasteiger partial charge on any atom is 0.261 e. The first kappa shape index (κ1) is 20.6. The van der Waals surface area contributed by atoms with E-state index in [0.29, 0.717) is 50.8 Å². The van der Waals surface area contributed by atoms with Crippen molar-refractivity contribution in [1.82, 2.24) is 39.7 Å². The van der Waals surface area contributed by atoms with Crippen LogP contribution in [-0.2, 0) is 7.05 Å². The second kappa shape index (κ2) is 8.01. The van der Waals surface area contributed by atoms with Crippen molar-refractivity contribution in [3.63, 3.8) is 0 Å². The molecule has 0 aliphatic heterocycles. The van der Waals surface area contributed by atoms with E-state index in [4.69, 9.17) is 4.74 Å². The van der Waals surface area contributed by atoms with Gasteiger partial charge in [0.05, 0.1) is 36.1 Å². The number of aromatic nitrogens is 8. The molecule has 0 spiro atoms. The summed E-state index contributed by atoms with van der Waals surface area (Å²) in [5, 5.41) is 8.09. The minimum atomic E-state index is -0.305. The third-order valence-corrected chi connectivity index (χ3v) is 5.41. The zero-order chi connectivity index (χ0) is 23.1. The van der Waals surface area contributed by atoms with E-state index in [-0.39, 0.29) is 17.5 Å². The van der Waals surface area contributed by atoms with E-state index in [1.807, 2.05) is 0 Å². The van der Waals surface area contributed by atoms with Crippen molar-refractivity contribution in [3.8, 4) is 17.1 Å². The molecule has 0 amide bonds. The standard InChI is InChI=1S/C22H23N9O2/c1-11(2)16(21-23-6-5-7-24-21)28-18-15(22(32)27-14-10-31(3)30-17(14)18)20-26-13-8-12(33-4)9-25-19(13)29-20/h5-11,16,28H,1-4H3,(H,27,32)(H,25,26,29)/t16-/m1/s1. The normalized spacial score (nSPS) is 12.5. The zero-order valence-electron chi connectivity index (χ0n) is 18.6. The molecule has 0 saturated carbocycles. The van der Waals surface area contributed by atoms with Gasteiger partial charge in [-0.05, 0) is 12.0 Å². The average Bonchev–Trinajstić information content (AvgIpc) is 3.38. The highest BCUT2D eigenvalue weighted by Gasteiger charge is 2.26. The van der Waals surface area contributed by atoms with Gasteiger partial charge in [0.1, 0.15) is 22.7 Å². The SMILES string of the molecule is COc1cnc2nc(-c3c(N[C@@H](c4ncccn4)C(C)C)c4nn(C)cc4[nH]c3=O)[nH]c2c1. The van der Waals surface area contributed by atoms with Crippen LogP contribution in [0.4, 0.5) is 5.69 Å². The van der Waals surface area contributed by atoms with Gasteiger partial charge in [-0.2, -0.15) is 5.10 Å². The monoisotopic (exact) mass is 445 g/mol. The lowest BCUT2D eigenvalue weighted by Crippen LogP contribution is -2.22. The Morgan fingerprint density at radius 1 is 1.12 bits per heavy atom. The number of aromatic amines is 2. The minimum absolute atomic E-state index is 0.125. The number of methoxy groups -OCH3 is 1. The Bertz CT molecular complexity index is 1500. The van der Waals surface area contributed by atoms with E-state index in [1.54, 1.807) is 55.8 Å². The number of aryl methyl sites for hydroxylation is 1.